The van der Waals surface area contributed by atoms with Gasteiger partial charge in [0.05, 0.1) is 23.5 Å². The molecule has 2 rings (SSSR count). The van der Waals surface area contributed by atoms with Gasteiger partial charge in [0.2, 0.25) is 0 Å². The molecule has 0 saturated heterocycles. The van der Waals surface area contributed by atoms with Gasteiger partial charge in [-0.3, -0.25) is 0 Å². The van der Waals surface area contributed by atoms with Crippen molar-refractivity contribution in [2.45, 2.75) is 26.0 Å². The van der Waals surface area contributed by atoms with Crippen molar-refractivity contribution >= 4 is 11.0 Å². The van der Waals surface area contributed by atoms with Gasteiger partial charge in [0.15, 0.2) is 0 Å². The average molecular weight is 233 g/mol. The SMILES string of the molecule is CC(C)NCC(O)c1ccc2c(c1)ncn2C. The monoisotopic (exact) mass is 233 g/mol. The molecule has 1 aromatic carbocycles. The second kappa shape index (κ2) is 4.85. The van der Waals surface area contributed by atoms with Gasteiger partial charge < -0.3 is 15.0 Å². The Morgan fingerprint density at radius 1 is 1.41 bits per heavy atom. The van der Waals surface area contributed by atoms with E-state index in [0.717, 1.165) is 16.6 Å². The maximum atomic E-state index is 10.0. The first kappa shape index (κ1) is 12.1. The number of hydrogen-bond acceptors (Lipinski definition) is 3. The fourth-order valence-corrected chi connectivity index (χ4v) is 1.83. The summed E-state index contributed by atoms with van der Waals surface area (Å²) in [6, 6.07) is 6.28. The Hall–Kier alpha value is -1.39. The predicted octanol–water partition coefficient (Wildman–Crippen LogP) is 1.60. The smallest absolute Gasteiger partial charge is 0.0955 e. The summed E-state index contributed by atoms with van der Waals surface area (Å²) in [5.41, 5.74) is 2.91. The second-order valence-electron chi connectivity index (χ2n) is 4.68. The van der Waals surface area contributed by atoms with Crippen molar-refractivity contribution in [3.8, 4) is 0 Å². The summed E-state index contributed by atoms with van der Waals surface area (Å²) in [7, 11) is 1.96. The molecule has 0 aliphatic carbocycles. The highest BCUT2D eigenvalue weighted by atomic mass is 16.3. The van der Waals surface area contributed by atoms with Crippen LogP contribution in [0.1, 0.15) is 25.5 Å². The zero-order chi connectivity index (χ0) is 12.4. The Morgan fingerprint density at radius 3 is 2.88 bits per heavy atom. The number of rotatable bonds is 4. The third-order valence-corrected chi connectivity index (χ3v) is 2.85. The minimum atomic E-state index is -0.483. The van der Waals surface area contributed by atoms with Crippen LogP contribution in [0.4, 0.5) is 0 Å². The molecule has 0 bridgehead atoms. The van der Waals surface area contributed by atoms with Crippen LogP contribution >= 0.6 is 0 Å². The van der Waals surface area contributed by atoms with Crippen LogP contribution in [0.2, 0.25) is 0 Å². The summed E-state index contributed by atoms with van der Waals surface area (Å²) >= 11 is 0. The minimum absolute atomic E-state index is 0.378. The Kier molecular flexibility index (Phi) is 3.45. The van der Waals surface area contributed by atoms with Crippen molar-refractivity contribution in [2.75, 3.05) is 6.54 Å². The van der Waals surface area contributed by atoms with E-state index in [0.29, 0.717) is 12.6 Å². The zero-order valence-corrected chi connectivity index (χ0v) is 10.5. The Bertz CT molecular complexity index is 504. The fourth-order valence-electron chi connectivity index (χ4n) is 1.83. The first-order valence-corrected chi connectivity index (χ1v) is 5.90. The largest absolute Gasteiger partial charge is 0.387 e. The Morgan fingerprint density at radius 2 is 2.18 bits per heavy atom. The lowest BCUT2D eigenvalue weighted by atomic mass is 10.1. The Labute approximate surface area is 101 Å². The summed E-state index contributed by atoms with van der Waals surface area (Å²) in [4.78, 5) is 4.29. The first-order valence-electron chi connectivity index (χ1n) is 5.90. The van der Waals surface area contributed by atoms with Crippen LogP contribution in [0.3, 0.4) is 0 Å². The number of imidazole rings is 1. The van der Waals surface area contributed by atoms with Crippen molar-refractivity contribution in [1.82, 2.24) is 14.9 Å². The van der Waals surface area contributed by atoms with E-state index in [1.54, 1.807) is 6.33 Å². The van der Waals surface area contributed by atoms with Crippen LogP contribution in [0, 0.1) is 0 Å². The van der Waals surface area contributed by atoms with Gasteiger partial charge in [-0.25, -0.2) is 4.98 Å². The van der Waals surface area contributed by atoms with Gasteiger partial charge in [-0.05, 0) is 17.7 Å². The number of aliphatic hydroxyl groups excluding tert-OH is 1. The van der Waals surface area contributed by atoms with E-state index in [9.17, 15) is 5.11 Å². The molecular weight excluding hydrogens is 214 g/mol. The maximum Gasteiger partial charge on any atom is 0.0955 e. The van der Waals surface area contributed by atoms with Gasteiger partial charge in [-0.1, -0.05) is 19.9 Å². The molecule has 1 heterocycles. The van der Waals surface area contributed by atoms with Gasteiger partial charge in [0.25, 0.3) is 0 Å². The molecule has 0 amide bonds. The van der Waals surface area contributed by atoms with Crippen molar-refractivity contribution < 1.29 is 5.11 Å². The standard InChI is InChI=1S/C13H19N3O/c1-9(2)14-7-13(17)10-4-5-12-11(6-10)15-8-16(12)3/h4-6,8-9,13-14,17H,7H2,1-3H3. The highest BCUT2D eigenvalue weighted by Gasteiger charge is 2.09. The van der Waals surface area contributed by atoms with Crippen molar-refractivity contribution in [3.05, 3.63) is 30.1 Å². The molecule has 0 aliphatic rings. The molecule has 1 unspecified atom stereocenters. The molecule has 0 fully saturated rings. The number of aliphatic hydroxyl groups is 1. The fraction of sp³-hybridized carbons (Fsp3) is 0.462. The lowest BCUT2D eigenvalue weighted by Gasteiger charge is -2.14. The maximum absolute atomic E-state index is 10.0. The van der Waals surface area contributed by atoms with Gasteiger partial charge in [-0.2, -0.15) is 0 Å². The molecule has 92 valence electrons. The summed E-state index contributed by atoms with van der Waals surface area (Å²) in [5.74, 6) is 0. The third-order valence-electron chi connectivity index (χ3n) is 2.85. The van der Waals surface area contributed by atoms with Gasteiger partial charge in [-0.15, -0.1) is 0 Å². The molecule has 2 aromatic rings. The van der Waals surface area contributed by atoms with E-state index >= 15 is 0 Å². The number of benzene rings is 1. The summed E-state index contributed by atoms with van der Waals surface area (Å²) in [6.07, 6.45) is 1.30. The molecule has 17 heavy (non-hydrogen) atoms. The molecular formula is C13H19N3O. The molecule has 4 nitrogen and oxygen atoms in total. The average Bonchev–Trinajstić information content (AvgIpc) is 2.67. The second-order valence-corrected chi connectivity index (χ2v) is 4.68. The van der Waals surface area contributed by atoms with Crippen LogP contribution in [0.25, 0.3) is 11.0 Å². The number of fused-ring (bicyclic) bond motifs is 1. The number of aryl methyl sites for hydroxylation is 1. The van der Waals surface area contributed by atoms with Crippen molar-refractivity contribution in [1.29, 1.82) is 0 Å². The van der Waals surface area contributed by atoms with Gasteiger partial charge in [0, 0.05) is 19.6 Å². The lowest BCUT2D eigenvalue weighted by Crippen LogP contribution is -2.27. The van der Waals surface area contributed by atoms with Crippen LogP contribution in [-0.4, -0.2) is 27.2 Å². The Balaban J connectivity index is 2.18. The first-order chi connectivity index (χ1) is 8.08. The molecule has 0 radical (unpaired) electrons. The normalized spacial score (nSPS) is 13.5. The molecule has 1 aromatic heterocycles. The molecule has 1 atom stereocenters. The van der Waals surface area contributed by atoms with Crippen molar-refractivity contribution in [2.24, 2.45) is 7.05 Å². The van der Waals surface area contributed by atoms with E-state index in [2.05, 4.69) is 24.1 Å². The van der Waals surface area contributed by atoms with E-state index in [4.69, 9.17) is 0 Å². The highest BCUT2D eigenvalue weighted by molar-refractivity contribution is 5.76. The van der Waals surface area contributed by atoms with Crippen LogP contribution in [0.5, 0.6) is 0 Å². The van der Waals surface area contributed by atoms with E-state index in [1.165, 1.54) is 0 Å². The summed E-state index contributed by atoms with van der Waals surface area (Å²) < 4.78 is 1.97. The van der Waals surface area contributed by atoms with E-state index in [-0.39, 0.29) is 0 Å². The quantitative estimate of drug-likeness (QED) is 0.843. The molecule has 0 aliphatic heterocycles. The molecule has 0 spiro atoms. The lowest BCUT2D eigenvalue weighted by molar-refractivity contribution is 0.172. The van der Waals surface area contributed by atoms with Crippen molar-refractivity contribution in [3.63, 3.8) is 0 Å². The van der Waals surface area contributed by atoms with E-state index in [1.807, 2.05) is 29.8 Å². The molecule has 2 N–H and O–H groups in total. The molecule has 4 heteroatoms. The van der Waals surface area contributed by atoms with Crippen LogP contribution < -0.4 is 5.32 Å². The number of aromatic nitrogens is 2. The number of nitrogens with one attached hydrogen (secondary N) is 1. The molecule has 0 saturated carbocycles. The van der Waals surface area contributed by atoms with Gasteiger partial charge >= 0.3 is 0 Å². The van der Waals surface area contributed by atoms with Crippen LogP contribution in [0.15, 0.2) is 24.5 Å². The topological polar surface area (TPSA) is 50.1 Å². The number of nitrogens with zero attached hydrogens (tertiary/aromatic N) is 2. The number of hydrogen-bond donors (Lipinski definition) is 2. The predicted molar refractivity (Wildman–Crippen MR) is 68.8 cm³/mol. The van der Waals surface area contributed by atoms with Crippen LogP contribution in [-0.2, 0) is 7.05 Å². The highest BCUT2D eigenvalue weighted by Crippen LogP contribution is 2.18. The zero-order valence-electron chi connectivity index (χ0n) is 10.5. The van der Waals surface area contributed by atoms with Gasteiger partial charge in [0.1, 0.15) is 0 Å². The summed E-state index contributed by atoms with van der Waals surface area (Å²) in [5, 5.41) is 13.3. The summed E-state index contributed by atoms with van der Waals surface area (Å²) in [6.45, 7) is 4.69. The minimum Gasteiger partial charge on any atom is -0.387 e. The van der Waals surface area contributed by atoms with E-state index < -0.39 is 6.10 Å². The third kappa shape index (κ3) is 2.65.